The topological polar surface area (TPSA) is 56.8 Å². The van der Waals surface area contributed by atoms with Crippen molar-refractivity contribution in [3.05, 3.63) is 53.6 Å². The maximum atomic E-state index is 12.6. The molecule has 1 amide bonds. The number of carbonyl (C=O) groups excluding carboxylic acids is 1. The minimum atomic E-state index is 0.0597. The first kappa shape index (κ1) is 19.1. The standard InChI is InChI=1S/C22H27NO4/c1-25-18-9-7-17(8-10-18)22(16-5-6-16)23-21(24)11-4-15-12-19(26-2)14-20(13-15)27-3/h7-10,12-14,16,22H,4-6,11H2,1-3H3,(H,23,24). The lowest BCUT2D eigenvalue weighted by atomic mass is 10.0. The highest BCUT2D eigenvalue weighted by Crippen LogP contribution is 2.41. The van der Waals surface area contributed by atoms with Gasteiger partial charge in [-0.1, -0.05) is 12.1 Å². The summed E-state index contributed by atoms with van der Waals surface area (Å²) in [5.74, 6) is 2.88. The van der Waals surface area contributed by atoms with Crippen molar-refractivity contribution in [3.63, 3.8) is 0 Å². The van der Waals surface area contributed by atoms with Crippen molar-refractivity contribution in [2.75, 3.05) is 21.3 Å². The molecule has 0 spiro atoms. The Morgan fingerprint density at radius 3 is 2.07 bits per heavy atom. The first-order valence-corrected chi connectivity index (χ1v) is 9.28. The normalized spacial score (nSPS) is 14.3. The quantitative estimate of drug-likeness (QED) is 0.728. The van der Waals surface area contributed by atoms with Crippen LogP contribution in [0.25, 0.3) is 0 Å². The molecule has 1 unspecified atom stereocenters. The molecule has 0 aromatic heterocycles. The van der Waals surface area contributed by atoms with Crippen LogP contribution in [-0.2, 0) is 11.2 Å². The Bertz CT molecular complexity index is 746. The van der Waals surface area contributed by atoms with E-state index in [-0.39, 0.29) is 11.9 Å². The lowest BCUT2D eigenvalue weighted by Gasteiger charge is -2.19. The second-order valence-corrected chi connectivity index (χ2v) is 6.88. The van der Waals surface area contributed by atoms with E-state index in [1.54, 1.807) is 21.3 Å². The number of benzene rings is 2. The summed E-state index contributed by atoms with van der Waals surface area (Å²) in [6.45, 7) is 0. The fourth-order valence-electron chi connectivity index (χ4n) is 3.23. The first-order valence-electron chi connectivity index (χ1n) is 9.28. The molecule has 1 N–H and O–H groups in total. The summed E-state index contributed by atoms with van der Waals surface area (Å²) in [7, 11) is 4.91. The molecular weight excluding hydrogens is 342 g/mol. The van der Waals surface area contributed by atoms with Crippen LogP contribution in [0.15, 0.2) is 42.5 Å². The second-order valence-electron chi connectivity index (χ2n) is 6.88. The predicted octanol–water partition coefficient (Wildman–Crippen LogP) is 3.91. The third-order valence-corrected chi connectivity index (χ3v) is 4.94. The van der Waals surface area contributed by atoms with Crippen molar-refractivity contribution in [2.45, 2.75) is 31.7 Å². The largest absolute Gasteiger partial charge is 0.497 e. The van der Waals surface area contributed by atoms with E-state index in [0.717, 1.165) is 41.2 Å². The molecule has 5 nitrogen and oxygen atoms in total. The van der Waals surface area contributed by atoms with Gasteiger partial charge in [0.05, 0.1) is 27.4 Å². The van der Waals surface area contributed by atoms with Crippen molar-refractivity contribution in [1.29, 1.82) is 0 Å². The molecule has 0 aliphatic heterocycles. The monoisotopic (exact) mass is 369 g/mol. The van der Waals surface area contributed by atoms with Crippen molar-refractivity contribution >= 4 is 5.91 Å². The smallest absolute Gasteiger partial charge is 0.220 e. The molecule has 2 aromatic carbocycles. The fraction of sp³-hybridized carbons (Fsp3) is 0.409. The van der Waals surface area contributed by atoms with Crippen LogP contribution in [0.2, 0.25) is 0 Å². The van der Waals surface area contributed by atoms with Crippen molar-refractivity contribution < 1.29 is 19.0 Å². The molecule has 0 heterocycles. The molecule has 1 aliphatic rings. The van der Waals surface area contributed by atoms with E-state index < -0.39 is 0 Å². The van der Waals surface area contributed by atoms with Gasteiger partial charge in [-0.3, -0.25) is 4.79 Å². The summed E-state index contributed by atoms with van der Waals surface area (Å²) in [6.07, 6.45) is 3.38. The summed E-state index contributed by atoms with van der Waals surface area (Å²) in [6, 6.07) is 13.7. The van der Waals surface area contributed by atoms with Crippen LogP contribution in [0.1, 0.15) is 36.4 Å². The lowest BCUT2D eigenvalue weighted by molar-refractivity contribution is -0.122. The van der Waals surface area contributed by atoms with Gasteiger partial charge in [0.1, 0.15) is 17.2 Å². The molecule has 1 aliphatic carbocycles. The molecule has 5 heteroatoms. The van der Waals surface area contributed by atoms with Gasteiger partial charge in [-0.25, -0.2) is 0 Å². The van der Waals surface area contributed by atoms with Crippen LogP contribution in [-0.4, -0.2) is 27.2 Å². The van der Waals surface area contributed by atoms with Gasteiger partial charge in [-0.15, -0.1) is 0 Å². The molecule has 2 aromatic rings. The third kappa shape index (κ3) is 5.16. The average Bonchev–Trinajstić information content (AvgIpc) is 3.55. The number of methoxy groups -OCH3 is 3. The summed E-state index contributed by atoms with van der Waals surface area (Å²) in [4.78, 5) is 12.6. The van der Waals surface area contributed by atoms with Gasteiger partial charge in [0.15, 0.2) is 0 Å². The minimum absolute atomic E-state index is 0.0597. The third-order valence-electron chi connectivity index (χ3n) is 4.94. The zero-order chi connectivity index (χ0) is 19.2. The van der Waals surface area contributed by atoms with E-state index in [2.05, 4.69) is 5.32 Å². The highest BCUT2D eigenvalue weighted by atomic mass is 16.5. The van der Waals surface area contributed by atoms with Crippen molar-refractivity contribution in [2.24, 2.45) is 5.92 Å². The fourth-order valence-corrected chi connectivity index (χ4v) is 3.23. The number of rotatable bonds is 9. The number of nitrogens with one attached hydrogen (secondary N) is 1. The molecule has 0 saturated heterocycles. The van der Waals surface area contributed by atoms with E-state index in [1.165, 1.54) is 0 Å². The van der Waals surface area contributed by atoms with Crippen LogP contribution in [0.3, 0.4) is 0 Å². The van der Waals surface area contributed by atoms with Crippen LogP contribution < -0.4 is 19.5 Å². The Morgan fingerprint density at radius 2 is 1.56 bits per heavy atom. The van der Waals surface area contributed by atoms with Crippen LogP contribution in [0.4, 0.5) is 0 Å². The Hall–Kier alpha value is -2.69. The van der Waals surface area contributed by atoms with E-state index >= 15 is 0 Å². The van der Waals surface area contributed by atoms with E-state index in [9.17, 15) is 4.79 Å². The number of carbonyl (C=O) groups is 1. The summed E-state index contributed by atoms with van der Waals surface area (Å²) < 4.78 is 15.8. The zero-order valence-electron chi connectivity index (χ0n) is 16.2. The van der Waals surface area contributed by atoms with Gasteiger partial charge in [0.25, 0.3) is 0 Å². The van der Waals surface area contributed by atoms with E-state index in [0.29, 0.717) is 18.8 Å². The predicted molar refractivity (Wildman–Crippen MR) is 104 cm³/mol. The van der Waals surface area contributed by atoms with Gasteiger partial charge in [0.2, 0.25) is 5.91 Å². The van der Waals surface area contributed by atoms with E-state index in [4.69, 9.17) is 14.2 Å². The molecular formula is C22H27NO4. The number of aryl methyl sites for hydroxylation is 1. The molecule has 144 valence electrons. The SMILES string of the molecule is COc1ccc(C(NC(=O)CCc2cc(OC)cc(OC)c2)C2CC2)cc1. The number of hydrogen-bond acceptors (Lipinski definition) is 4. The Kier molecular flexibility index (Phi) is 6.22. The van der Waals surface area contributed by atoms with Gasteiger partial charge < -0.3 is 19.5 Å². The summed E-state index contributed by atoms with van der Waals surface area (Å²) >= 11 is 0. The minimum Gasteiger partial charge on any atom is -0.497 e. The molecule has 1 fully saturated rings. The van der Waals surface area contributed by atoms with Gasteiger partial charge in [-0.05, 0) is 60.6 Å². The molecule has 27 heavy (non-hydrogen) atoms. The molecule has 0 bridgehead atoms. The van der Waals surface area contributed by atoms with Crippen molar-refractivity contribution in [1.82, 2.24) is 5.32 Å². The first-order chi connectivity index (χ1) is 13.1. The lowest BCUT2D eigenvalue weighted by Crippen LogP contribution is -2.30. The summed E-state index contributed by atoms with van der Waals surface area (Å²) in [5.41, 5.74) is 2.16. The Balaban J connectivity index is 1.61. The zero-order valence-corrected chi connectivity index (χ0v) is 16.2. The van der Waals surface area contributed by atoms with Crippen LogP contribution >= 0.6 is 0 Å². The van der Waals surface area contributed by atoms with Gasteiger partial charge in [-0.2, -0.15) is 0 Å². The second kappa shape index (κ2) is 8.80. The highest BCUT2D eigenvalue weighted by Gasteiger charge is 2.33. The average molecular weight is 369 g/mol. The molecule has 1 saturated carbocycles. The van der Waals surface area contributed by atoms with Crippen LogP contribution in [0, 0.1) is 5.92 Å². The molecule has 0 radical (unpaired) electrons. The van der Waals surface area contributed by atoms with Gasteiger partial charge >= 0.3 is 0 Å². The molecule has 1 atom stereocenters. The number of ether oxygens (including phenoxy) is 3. The van der Waals surface area contributed by atoms with Gasteiger partial charge in [0, 0.05) is 12.5 Å². The van der Waals surface area contributed by atoms with Crippen LogP contribution in [0.5, 0.6) is 17.2 Å². The highest BCUT2D eigenvalue weighted by molar-refractivity contribution is 5.77. The van der Waals surface area contributed by atoms with E-state index in [1.807, 2.05) is 42.5 Å². The number of amides is 1. The maximum Gasteiger partial charge on any atom is 0.220 e. The Morgan fingerprint density at radius 1 is 0.963 bits per heavy atom. The van der Waals surface area contributed by atoms with Crippen molar-refractivity contribution in [3.8, 4) is 17.2 Å². The maximum absolute atomic E-state index is 12.6. The summed E-state index contributed by atoms with van der Waals surface area (Å²) in [5, 5.41) is 3.22. The molecule has 3 rings (SSSR count). The number of hydrogen-bond donors (Lipinski definition) is 1. The Labute approximate surface area is 160 Å².